The van der Waals surface area contributed by atoms with Crippen molar-refractivity contribution in [2.24, 2.45) is 5.41 Å². The number of hydrogen-bond acceptors (Lipinski definition) is 4. The molecule has 0 spiro atoms. The van der Waals surface area contributed by atoms with Crippen molar-refractivity contribution in [3.05, 3.63) is 119 Å². The second kappa shape index (κ2) is 11.3. The molecule has 0 saturated carbocycles. The molecule has 0 atom stereocenters. The summed E-state index contributed by atoms with van der Waals surface area (Å²) in [5.41, 5.74) is 10.2. The number of pyridine rings is 1. The number of aromatic amines is 2. The van der Waals surface area contributed by atoms with Gasteiger partial charge in [-0.25, -0.2) is 4.98 Å². The van der Waals surface area contributed by atoms with Crippen LogP contribution in [0.4, 0.5) is 0 Å². The fourth-order valence-corrected chi connectivity index (χ4v) is 5.10. The summed E-state index contributed by atoms with van der Waals surface area (Å²) in [6, 6.07) is 10.5. The molecule has 0 aliphatic carbocycles. The Kier molecular flexibility index (Phi) is 8.07. The number of nitrogens with one attached hydrogen (secondary N) is 3. The molecule has 3 N–H and O–H groups in total. The van der Waals surface area contributed by atoms with E-state index in [2.05, 4.69) is 99.1 Å². The molecule has 0 aliphatic heterocycles. The van der Waals surface area contributed by atoms with Crippen molar-refractivity contribution in [1.29, 1.82) is 0 Å². The van der Waals surface area contributed by atoms with Crippen LogP contribution in [0.1, 0.15) is 54.4 Å². The molecule has 6 heteroatoms. The highest BCUT2D eigenvalue weighted by Crippen LogP contribution is 2.35. The number of aryl methyl sites for hydroxylation is 2. The van der Waals surface area contributed by atoms with E-state index in [0.717, 1.165) is 61.9 Å². The smallest absolute Gasteiger partial charge is 0.135 e. The highest BCUT2D eigenvalue weighted by atomic mass is 32.1. The fraction of sp³-hybridized carbons (Fsp3) is 0.212. The molecule has 5 nitrogen and oxygen atoms in total. The van der Waals surface area contributed by atoms with Gasteiger partial charge < -0.3 is 10.3 Å². The van der Waals surface area contributed by atoms with Crippen LogP contribution >= 0.6 is 11.3 Å². The minimum absolute atomic E-state index is 0.0723. The molecule has 39 heavy (non-hydrogen) atoms. The molecule has 4 aromatic heterocycles. The van der Waals surface area contributed by atoms with Crippen molar-refractivity contribution in [3.8, 4) is 11.4 Å². The summed E-state index contributed by atoms with van der Waals surface area (Å²) in [6.07, 6.45) is 9.79. The Hall–Kier alpha value is -4.16. The zero-order valence-electron chi connectivity index (χ0n) is 23.7. The topological polar surface area (TPSA) is 69.4 Å². The van der Waals surface area contributed by atoms with Crippen LogP contribution in [0.5, 0.6) is 0 Å². The van der Waals surface area contributed by atoms with Crippen LogP contribution in [-0.4, -0.2) is 20.2 Å². The van der Waals surface area contributed by atoms with Crippen molar-refractivity contribution in [1.82, 2.24) is 25.5 Å². The Balaban J connectivity index is 1.74. The van der Waals surface area contributed by atoms with Gasteiger partial charge in [-0.3, -0.25) is 5.10 Å². The predicted molar refractivity (Wildman–Crippen MR) is 168 cm³/mol. The summed E-state index contributed by atoms with van der Waals surface area (Å²) in [5.74, 6) is 0. The van der Waals surface area contributed by atoms with Gasteiger partial charge in [-0.2, -0.15) is 5.10 Å². The van der Waals surface area contributed by atoms with Gasteiger partial charge in [0.05, 0.1) is 16.9 Å². The van der Waals surface area contributed by atoms with Gasteiger partial charge in [0.15, 0.2) is 0 Å². The Morgan fingerprint density at radius 2 is 1.87 bits per heavy atom. The molecule has 0 amide bonds. The number of allylic oxidation sites excluding steroid dienone is 7. The molecular formula is C33H37N5S. The SMILES string of the molecule is C=C/C=C(/c1ccc(C)s1)c1cc(-c2n[nH]c3ccc(C(/C=C(\C=C)NC(=C)C(C)(C)C)=C/C)nc23)[nH]c1C. The normalized spacial score (nSPS) is 13.1. The van der Waals surface area contributed by atoms with Crippen LogP contribution in [0.25, 0.3) is 33.6 Å². The monoisotopic (exact) mass is 535 g/mol. The average Bonchev–Trinajstić information content (AvgIpc) is 3.62. The number of rotatable bonds is 9. The molecular weight excluding hydrogens is 498 g/mol. The molecule has 4 rings (SSSR count). The first kappa shape index (κ1) is 27.9. The number of hydrogen-bond donors (Lipinski definition) is 3. The average molecular weight is 536 g/mol. The van der Waals surface area contributed by atoms with E-state index in [9.17, 15) is 0 Å². The van der Waals surface area contributed by atoms with Gasteiger partial charge >= 0.3 is 0 Å². The van der Waals surface area contributed by atoms with Crippen molar-refractivity contribution in [3.63, 3.8) is 0 Å². The number of H-pyrrole nitrogens is 2. The summed E-state index contributed by atoms with van der Waals surface area (Å²) in [4.78, 5) is 11.1. The zero-order valence-corrected chi connectivity index (χ0v) is 24.5. The highest BCUT2D eigenvalue weighted by Gasteiger charge is 2.19. The van der Waals surface area contributed by atoms with Crippen molar-refractivity contribution < 1.29 is 0 Å². The van der Waals surface area contributed by atoms with Gasteiger partial charge in [-0.1, -0.05) is 58.7 Å². The molecule has 0 unspecified atom stereocenters. The molecule has 0 saturated heterocycles. The first-order valence-corrected chi connectivity index (χ1v) is 13.8. The molecule has 0 bridgehead atoms. The van der Waals surface area contributed by atoms with E-state index in [4.69, 9.17) is 4.98 Å². The maximum absolute atomic E-state index is 5.04. The number of fused-ring (bicyclic) bond motifs is 1. The number of thiophene rings is 1. The minimum atomic E-state index is -0.0723. The molecule has 0 fully saturated rings. The van der Waals surface area contributed by atoms with E-state index in [1.54, 1.807) is 17.4 Å². The Morgan fingerprint density at radius 1 is 1.10 bits per heavy atom. The zero-order chi connectivity index (χ0) is 28.3. The van der Waals surface area contributed by atoms with Gasteiger partial charge in [0.25, 0.3) is 0 Å². The van der Waals surface area contributed by atoms with E-state index in [0.29, 0.717) is 0 Å². The molecule has 4 aromatic rings. The summed E-state index contributed by atoms with van der Waals surface area (Å²) in [6.45, 7) is 24.7. The third-order valence-corrected chi connectivity index (χ3v) is 7.63. The van der Waals surface area contributed by atoms with Crippen LogP contribution in [0.3, 0.4) is 0 Å². The van der Waals surface area contributed by atoms with Gasteiger partial charge in [-0.15, -0.1) is 11.3 Å². The third kappa shape index (κ3) is 5.96. The van der Waals surface area contributed by atoms with Gasteiger partial charge in [-0.05, 0) is 68.8 Å². The fourth-order valence-electron chi connectivity index (χ4n) is 4.20. The van der Waals surface area contributed by atoms with Crippen LogP contribution in [0, 0.1) is 19.3 Å². The maximum atomic E-state index is 5.04. The Morgan fingerprint density at radius 3 is 2.49 bits per heavy atom. The van der Waals surface area contributed by atoms with Gasteiger partial charge in [0, 0.05) is 43.4 Å². The molecule has 0 aromatic carbocycles. The van der Waals surface area contributed by atoms with E-state index in [1.807, 2.05) is 37.3 Å². The lowest BCUT2D eigenvalue weighted by atomic mass is 9.92. The van der Waals surface area contributed by atoms with Gasteiger partial charge in [0.1, 0.15) is 11.2 Å². The molecule has 4 heterocycles. The van der Waals surface area contributed by atoms with Crippen molar-refractivity contribution >= 4 is 33.5 Å². The summed E-state index contributed by atoms with van der Waals surface area (Å²) >= 11 is 1.77. The standard InChI is InChI=1S/C33H37N5S/c1-10-13-25(30-17-14-20(4)39-30)26-19-29(34-21(26)5)32-31-28(37-38-32)16-15-27(36-31)23(11-2)18-24(12-3)35-22(6)33(7,8)9/h10-19,34-35H,1,3,6H2,2,4-5,7-9H3,(H,37,38)/b23-11+,24-18+,25-13+. The van der Waals surface area contributed by atoms with E-state index in [-0.39, 0.29) is 5.41 Å². The Labute approximate surface area is 235 Å². The summed E-state index contributed by atoms with van der Waals surface area (Å²) < 4.78 is 0. The van der Waals surface area contributed by atoms with Crippen molar-refractivity contribution in [2.45, 2.75) is 41.5 Å². The minimum Gasteiger partial charge on any atom is -0.359 e. The lowest BCUT2D eigenvalue weighted by Crippen LogP contribution is -2.22. The van der Waals surface area contributed by atoms with Crippen molar-refractivity contribution in [2.75, 3.05) is 0 Å². The molecule has 0 aliphatic rings. The second-order valence-corrected chi connectivity index (χ2v) is 11.8. The van der Waals surface area contributed by atoms with Crippen LogP contribution < -0.4 is 5.32 Å². The summed E-state index contributed by atoms with van der Waals surface area (Å²) in [5, 5.41) is 11.2. The number of aromatic nitrogens is 4. The predicted octanol–water partition coefficient (Wildman–Crippen LogP) is 8.87. The lowest BCUT2D eigenvalue weighted by molar-refractivity contribution is 0.478. The molecule has 0 radical (unpaired) electrons. The molecule has 200 valence electrons. The van der Waals surface area contributed by atoms with Gasteiger partial charge in [0.2, 0.25) is 0 Å². The van der Waals surface area contributed by atoms with Crippen LogP contribution in [-0.2, 0) is 0 Å². The van der Waals surface area contributed by atoms with Crippen LogP contribution in [0.2, 0.25) is 0 Å². The van der Waals surface area contributed by atoms with E-state index in [1.165, 1.54) is 9.75 Å². The second-order valence-electron chi connectivity index (χ2n) is 10.5. The first-order valence-electron chi connectivity index (χ1n) is 13.0. The Bertz CT molecular complexity index is 1640. The highest BCUT2D eigenvalue weighted by molar-refractivity contribution is 7.13. The largest absolute Gasteiger partial charge is 0.359 e. The van der Waals surface area contributed by atoms with Crippen LogP contribution in [0.15, 0.2) is 91.8 Å². The number of nitrogens with zero attached hydrogens (tertiary/aromatic N) is 2. The van der Waals surface area contributed by atoms with E-state index >= 15 is 0 Å². The third-order valence-electron chi connectivity index (χ3n) is 6.60. The maximum Gasteiger partial charge on any atom is 0.135 e. The van der Waals surface area contributed by atoms with E-state index < -0.39 is 0 Å². The first-order chi connectivity index (χ1) is 18.5. The summed E-state index contributed by atoms with van der Waals surface area (Å²) in [7, 11) is 0. The quantitative estimate of drug-likeness (QED) is 0.187. The lowest BCUT2D eigenvalue weighted by Gasteiger charge is -2.23.